The molecule has 0 fully saturated rings. The molecule has 0 unspecified atom stereocenters. The number of ether oxygens (including phenoxy) is 1. The average molecular weight is 253 g/mol. The average Bonchev–Trinajstić information content (AvgIpc) is 2.20. The van der Waals surface area contributed by atoms with E-state index in [1.807, 2.05) is 0 Å². The van der Waals surface area contributed by atoms with Crippen LogP contribution < -0.4 is 10.5 Å². The maximum atomic E-state index is 12.5. The zero-order valence-corrected chi connectivity index (χ0v) is 8.16. The van der Waals surface area contributed by atoms with E-state index in [1.165, 1.54) is 0 Å². The summed E-state index contributed by atoms with van der Waals surface area (Å²) < 4.78 is 52.4. The minimum absolute atomic E-state index is 0.268. The minimum atomic E-state index is -4.68. The highest BCUT2D eigenvalue weighted by molar-refractivity contribution is 5.89. The van der Waals surface area contributed by atoms with E-state index in [1.54, 1.807) is 0 Å². The van der Waals surface area contributed by atoms with E-state index in [0.29, 0.717) is 0 Å². The van der Waals surface area contributed by atoms with Gasteiger partial charge in [-0.3, -0.25) is 0 Å². The zero-order valence-electron chi connectivity index (χ0n) is 8.16. The van der Waals surface area contributed by atoms with Crippen molar-refractivity contribution < 1.29 is 32.2 Å². The number of carboxylic acid groups (broad SMARTS) is 1. The van der Waals surface area contributed by atoms with Gasteiger partial charge in [0.05, 0.1) is 11.3 Å². The van der Waals surface area contributed by atoms with Crippen LogP contribution in [0.2, 0.25) is 0 Å². The monoisotopic (exact) mass is 253 g/mol. The van der Waals surface area contributed by atoms with E-state index in [4.69, 9.17) is 10.8 Å². The van der Waals surface area contributed by atoms with Gasteiger partial charge in [0.25, 0.3) is 0 Å². The van der Waals surface area contributed by atoms with E-state index >= 15 is 0 Å². The Morgan fingerprint density at radius 1 is 1.41 bits per heavy atom. The lowest BCUT2D eigenvalue weighted by Gasteiger charge is -2.18. The summed E-state index contributed by atoms with van der Waals surface area (Å²) in [7, 11) is 0. The first-order valence-electron chi connectivity index (χ1n) is 4.22. The van der Waals surface area contributed by atoms with Crippen molar-refractivity contribution in [2.75, 3.05) is 5.73 Å². The van der Waals surface area contributed by atoms with Crippen LogP contribution in [-0.2, 0) is 0 Å². The molecular weight excluding hydrogens is 246 g/mol. The molecule has 0 spiro atoms. The molecule has 0 atom stereocenters. The smallest absolute Gasteiger partial charge is 0.461 e. The summed E-state index contributed by atoms with van der Waals surface area (Å²) in [5, 5.41) is 8.56. The molecule has 1 rings (SSSR count). The number of alkyl halides is 4. The molecule has 0 radical (unpaired) electrons. The Kier molecular flexibility index (Phi) is 3.45. The van der Waals surface area contributed by atoms with Crippen molar-refractivity contribution >= 4 is 11.7 Å². The third kappa shape index (κ3) is 2.99. The molecule has 1 aromatic carbocycles. The van der Waals surface area contributed by atoms with Crippen molar-refractivity contribution in [3.8, 4) is 5.75 Å². The third-order valence-corrected chi connectivity index (χ3v) is 1.76. The van der Waals surface area contributed by atoms with E-state index in [0.717, 1.165) is 18.2 Å². The van der Waals surface area contributed by atoms with Gasteiger partial charge in [0.1, 0.15) is 5.75 Å². The fraction of sp³-hybridized carbons (Fsp3) is 0.222. The van der Waals surface area contributed by atoms with Crippen molar-refractivity contribution in [3.05, 3.63) is 23.8 Å². The summed E-state index contributed by atoms with van der Waals surface area (Å²) in [6.07, 6.45) is -8.69. The van der Waals surface area contributed by atoms with Gasteiger partial charge in [-0.05, 0) is 18.2 Å². The predicted octanol–water partition coefficient (Wildman–Crippen LogP) is 2.20. The molecule has 0 bridgehead atoms. The Labute approximate surface area is 92.6 Å². The van der Waals surface area contributed by atoms with Gasteiger partial charge in [-0.15, -0.1) is 0 Å². The number of carbonyl (C=O) groups is 1. The lowest BCUT2D eigenvalue weighted by atomic mass is 10.2. The van der Waals surface area contributed by atoms with Crippen molar-refractivity contribution in [1.29, 1.82) is 0 Å². The predicted molar refractivity (Wildman–Crippen MR) is 49.4 cm³/mol. The minimum Gasteiger partial charge on any atom is -0.478 e. The lowest BCUT2D eigenvalue weighted by molar-refractivity contribution is -0.252. The van der Waals surface area contributed by atoms with Crippen molar-refractivity contribution in [1.82, 2.24) is 0 Å². The van der Waals surface area contributed by atoms with Crippen LogP contribution in [0.5, 0.6) is 5.75 Å². The third-order valence-electron chi connectivity index (χ3n) is 1.76. The van der Waals surface area contributed by atoms with Gasteiger partial charge >= 0.3 is 18.5 Å². The molecular formula is C9H7F4NO3. The number of carboxylic acids is 1. The zero-order chi connectivity index (χ0) is 13.2. The molecule has 0 heterocycles. The number of hydrogen-bond donors (Lipinski definition) is 2. The number of rotatable bonds is 4. The second-order valence-electron chi connectivity index (χ2n) is 3.02. The summed E-state index contributed by atoms with van der Waals surface area (Å²) >= 11 is 0. The molecule has 1 aromatic rings. The molecule has 8 heteroatoms. The molecule has 0 amide bonds. The SMILES string of the molecule is Nc1cc(C(=O)O)ccc1OC(F)(F)C(F)F. The molecule has 94 valence electrons. The number of nitrogen functional groups attached to an aromatic ring is 1. The number of benzene rings is 1. The molecule has 0 aromatic heterocycles. The van der Waals surface area contributed by atoms with E-state index in [9.17, 15) is 22.4 Å². The van der Waals surface area contributed by atoms with Crippen LogP contribution in [0.25, 0.3) is 0 Å². The fourth-order valence-electron chi connectivity index (χ4n) is 0.966. The highest BCUT2D eigenvalue weighted by atomic mass is 19.3. The largest absolute Gasteiger partial charge is 0.478 e. The number of halogens is 4. The van der Waals surface area contributed by atoms with Crippen LogP contribution in [0.4, 0.5) is 23.2 Å². The Balaban J connectivity index is 2.98. The first-order chi connectivity index (χ1) is 7.74. The Bertz CT molecular complexity index is 436. The van der Waals surface area contributed by atoms with Gasteiger partial charge in [0, 0.05) is 0 Å². The molecule has 3 N–H and O–H groups in total. The molecule has 0 saturated heterocycles. The molecule has 4 nitrogen and oxygen atoms in total. The van der Waals surface area contributed by atoms with Gasteiger partial charge in [-0.2, -0.15) is 17.6 Å². The molecule has 0 aliphatic carbocycles. The lowest BCUT2D eigenvalue weighted by Crippen LogP contribution is -2.33. The maximum absolute atomic E-state index is 12.5. The quantitative estimate of drug-likeness (QED) is 0.637. The van der Waals surface area contributed by atoms with Crippen LogP contribution in [0, 0.1) is 0 Å². The van der Waals surface area contributed by atoms with Crippen LogP contribution in [0.15, 0.2) is 18.2 Å². The van der Waals surface area contributed by atoms with Crippen molar-refractivity contribution in [2.24, 2.45) is 0 Å². The maximum Gasteiger partial charge on any atom is 0.461 e. The highest BCUT2D eigenvalue weighted by Gasteiger charge is 2.44. The topological polar surface area (TPSA) is 72.6 Å². The van der Waals surface area contributed by atoms with Crippen LogP contribution >= 0.6 is 0 Å². The van der Waals surface area contributed by atoms with Crippen LogP contribution in [-0.4, -0.2) is 23.6 Å². The summed E-state index contributed by atoms with van der Waals surface area (Å²) in [5.74, 6) is -2.04. The van der Waals surface area contributed by atoms with Crippen molar-refractivity contribution in [2.45, 2.75) is 12.5 Å². The Morgan fingerprint density at radius 2 is 2.00 bits per heavy atom. The normalized spacial score (nSPS) is 11.6. The van der Waals surface area contributed by atoms with E-state index in [2.05, 4.69) is 4.74 Å². The molecule has 17 heavy (non-hydrogen) atoms. The van der Waals surface area contributed by atoms with Gasteiger partial charge in [0.15, 0.2) is 0 Å². The van der Waals surface area contributed by atoms with Crippen LogP contribution in [0.1, 0.15) is 10.4 Å². The van der Waals surface area contributed by atoms with Gasteiger partial charge in [0.2, 0.25) is 0 Å². The second-order valence-corrected chi connectivity index (χ2v) is 3.02. The summed E-state index contributed by atoms with van der Waals surface area (Å²) in [6, 6.07) is 2.53. The first kappa shape index (κ1) is 13.1. The molecule has 0 aliphatic rings. The van der Waals surface area contributed by atoms with Gasteiger partial charge in [-0.25, -0.2) is 4.79 Å². The standard InChI is InChI=1S/C9H7F4NO3/c10-8(11)9(12,13)17-6-2-1-4(7(15)16)3-5(6)14/h1-3,8H,14H2,(H,15,16). The summed E-state index contributed by atoms with van der Waals surface area (Å²) in [4.78, 5) is 10.5. The highest BCUT2D eigenvalue weighted by Crippen LogP contribution is 2.31. The Hall–Kier alpha value is -1.99. The molecule has 0 saturated carbocycles. The number of hydrogen-bond acceptors (Lipinski definition) is 3. The summed E-state index contributed by atoms with van der Waals surface area (Å²) in [5.41, 5.74) is 4.46. The van der Waals surface area contributed by atoms with Crippen molar-refractivity contribution in [3.63, 3.8) is 0 Å². The van der Waals surface area contributed by atoms with Gasteiger partial charge in [-0.1, -0.05) is 0 Å². The van der Waals surface area contributed by atoms with E-state index in [-0.39, 0.29) is 5.56 Å². The van der Waals surface area contributed by atoms with E-state index < -0.39 is 29.9 Å². The summed E-state index contributed by atoms with van der Waals surface area (Å²) in [6.45, 7) is 0. The number of anilines is 1. The van der Waals surface area contributed by atoms with Crippen LogP contribution in [0.3, 0.4) is 0 Å². The Morgan fingerprint density at radius 3 is 2.41 bits per heavy atom. The fourth-order valence-corrected chi connectivity index (χ4v) is 0.966. The second kappa shape index (κ2) is 4.48. The number of aromatic carboxylic acids is 1. The van der Waals surface area contributed by atoms with Gasteiger partial charge < -0.3 is 15.6 Å². The molecule has 0 aliphatic heterocycles. The first-order valence-corrected chi connectivity index (χ1v) is 4.22. The number of nitrogens with two attached hydrogens (primary N) is 1.